The minimum absolute atomic E-state index is 0.0238. The number of nitrogens with one attached hydrogen (secondary N) is 1. The van der Waals surface area contributed by atoms with Crippen molar-refractivity contribution >= 4 is 11.8 Å². The van der Waals surface area contributed by atoms with Crippen molar-refractivity contribution in [1.29, 1.82) is 0 Å². The molecule has 0 aliphatic rings. The molecule has 0 fully saturated rings. The molecule has 0 aliphatic heterocycles. The van der Waals surface area contributed by atoms with Crippen LogP contribution in [0.1, 0.15) is 28.0 Å². The smallest absolute Gasteiger partial charge is 0.390 e. The molecular weight excluding hydrogens is 249 g/mol. The van der Waals surface area contributed by atoms with E-state index in [1.807, 2.05) is 0 Å². The van der Waals surface area contributed by atoms with Crippen LogP contribution >= 0.6 is 0 Å². The highest BCUT2D eigenvalue weighted by atomic mass is 19.4. The molecule has 4 nitrogen and oxygen atoms in total. The molecule has 7 heteroatoms. The fraction of sp³-hybridized carbons (Fsp3) is 0.455. The summed E-state index contributed by atoms with van der Waals surface area (Å²) in [6.45, 7) is 2.82. The monoisotopic (exact) mass is 262 g/mol. The van der Waals surface area contributed by atoms with Crippen molar-refractivity contribution in [2.45, 2.75) is 26.4 Å². The zero-order valence-electron chi connectivity index (χ0n) is 9.93. The molecular formula is C11H13F3N2O2. The first-order chi connectivity index (χ1) is 8.20. The van der Waals surface area contributed by atoms with Crippen molar-refractivity contribution in [3.63, 3.8) is 0 Å². The van der Waals surface area contributed by atoms with Crippen LogP contribution in [0, 0.1) is 13.8 Å². The molecule has 1 rings (SSSR count). The maximum atomic E-state index is 12.0. The van der Waals surface area contributed by atoms with Gasteiger partial charge in [-0.15, -0.1) is 0 Å². The normalized spacial score (nSPS) is 11.4. The average molecular weight is 262 g/mol. The molecule has 0 radical (unpaired) electrons. The first-order valence-corrected chi connectivity index (χ1v) is 5.23. The number of aromatic carboxylic acids is 1. The van der Waals surface area contributed by atoms with Crippen molar-refractivity contribution in [3.8, 4) is 0 Å². The number of rotatable bonds is 4. The average Bonchev–Trinajstić information content (AvgIpc) is 2.13. The second-order valence-corrected chi connectivity index (χ2v) is 3.90. The fourth-order valence-corrected chi connectivity index (χ4v) is 1.56. The van der Waals surface area contributed by atoms with Crippen molar-refractivity contribution in [1.82, 2.24) is 4.98 Å². The Labute approximate surface area is 102 Å². The topological polar surface area (TPSA) is 62.2 Å². The van der Waals surface area contributed by atoms with Gasteiger partial charge in [-0.1, -0.05) is 0 Å². The molecule has 0 amide bonds. The molecule has 0 bridgehead atoms. The van der Waals surface area contributed by atoms with E-state index in [2.05, 4.69) is 10.3 Å². The van der Waals surface area contributed by atoms with Gasteiger partial charge in [0, 0.05) is 12.2 Å². The number of hydrogen-bond donors (Lipinski definition) is 2. The second-order valence-electron chi connectivity index (χ2n) is 3.90. The first kappa shape index (κ1) is 14.3. The van der Waals surface area contributed by atoms with Crippen LogP contribution in [0.2, 0.25) is 0 Å². The summed E-state index contributed by atoms with van der Waals surface area (Å²) >= 11 is 0. The summed E-state index contributed by atoms with van der Waals surface area (Å²) in [5.41, 5.74) is 0.916. The minimum atomic E-state index is -4.28. The molecule has 0 saturated heterocycles. The third-order valence-corrected chi connectivity index (χ3v) is 2.26. The van der Waals surface area contributed by atoms with Gasteiger partial charge in [-0.05, 0) is 25.5 Å². The number of carboxylic acids is 1. The lowest BCUT2D eigenvalue weighted by Gasteiger charge is -2.12. The van der Waals surface area contributed by atoms with Crippen LogP contribution < -0.4 is 5.32 Å². The molecule has 0 unspecified atom stereocenters. The van der Waals surface area contributed by atoms with Crippen LogP contribution in [-0.4, -0.2) is 28.8 Å². The van der Waals surface area contributed by atoms with Gasteiger partial charge in [-0.25, -0.2) is 9.78 Å². The van der Waals surface area contributed by atoms with Crippen LogP contribution in [-0.2, 0) is 0 Å². The zero-order valence-corrected chi connectivity index (χ0v) is 9.93. The van der Waals surface area contributed by atoms with Crippen molar-refractivity contribution in [2.24, 2.45) is 0 Å². The highest BCUT2D eigenvalue weighted by Crippen LogP contribution is 2.22. The van der Waals surface area contributed by atoms with Crippen LogP contribution in [0.5, 0.6) is 0 Å². The van der Waals surface area contributed by atoms with Gasteiger partial charge in [0.1, 0.15) is 11.4 Å². The highest BCUT2D eigenvalue weighted by molar-refractivity contribution is 5.94. The second kappa shape index (κ2) is 5.24. The summed E-state index contributed by atoms with van der Waals surface area (Å²) in [6, 6.07) is 1.57. The number of halogens is 3. The standard InChI is InChI=1S/C11H13F3N2O2/c1-6-5-7(2)16-9(8(6)10(17)18)15-4-3-11(12,13)14/h5H,3-4H2,1-2H3,(H,15,16)(H,17,18). The maximum Gasteiger partial charge on any atom is 0.390 e. The van der Waals surface area contributed by atoms with Crippen molar-refractivity contribution in [3.05, 3.63) is 22.9 Å². The highest BCUT2D eigenvalue weighted by Gasteiger charge is 2.26. The third kappa shape index (κ3) is 3.90. The van der Waals surface area contributed by atoms with Gasteiger partial charge >= 0.3 is 12.1 Å². The molecule has 0 saturated carbocycles. The number of carboxylic acid groups (broad SMARTS) is 1. The minimum Gasteiger partial charge on any atom is -0.478 e. The molecule has 18 heavy (non-hydrogen) atoms. The predicted octanol–water partition coefficient (Wildman–Crippen LogP) is 2.76. The summed E-state index contributed by atoms with van der Waals surface area (Å²) < 4.78 is 36.0. The van der Waals surface area contributed by atoms with E-state index in [-0.39, 0.29) is 11.4 Å². The van der Waals surface area contributed by atoms with E-state index in [0.29, 0.717) is 11.3 Å². The van der Waals surface area contributed by atoms with Crippen molar-refractivity contribution < 1.29 is 23.1 Å². The van der Waals surface area contributed by atoms with E-state index in [1.165, 1.54) is 0 Å². The van der Waals surface area contributed by atoms with E-state index in [1.54, 1.807) is 19.9 Å². The number of alkyl halides is 3. The lowest BCUT2D eigenvalue weighted by atomic mass is 10.1. The summed E-state index contributed by atoms with van der Waals surface area (Å²) in [5, 5.41) is 11.4. The molecule has 0 aliphatic carbocycles. The molecule has 100 valence electrons. The Morgan fingerprint density at radius 1 is 1.44 bits per heavy atom. The molecule has 0 aromatic carbocycles. The van der Waals surface area contributed by atoms with E-state index in [9.17, 15) is 18.0 Å². The molecule has 0 atom stereocenters. The van der Waals surface area contributed by atoms with Crippen LogP contribution in [0.4, 0.5) is 19.0 Å². The quantitative estimate of drug-likeness (QED) is 0.875. The molecule has 0 spiro atoms. The Hall–Kier alpha value is -1.79. The molecule has 1 heterocycles. The van der Waals surface area contributed by atoms with Gasteiger partial charge in [0.25, 0.3) is 0 Å². The summed E-state index contributed by atoms with van der Waals surface area (Å²) in [4.78, 5) is 14.9. The van der Waals surface area contributed by atoms with Gasteiger partial charge in [0.15, 0.2) is 0 Å². The summed E-state index contributed by atoms with van der Waals surface area (Å²) in [5.74, 6) is -1.24. The number of anilines is 1. The molecule has 2 N–H and O–H groups in total. The largest absolute Gasteiger partial charge is 0.478 e. The Morgan fingerprint density at radius 2 is 2.06 bits per heavy atom. The lowest BCUT2D eigenvalue weighted by molar-refractivity contribution is -0.131. The number of nitrogens with zero attached hydrogens (tertiary/aromatic N) is 1. The lowest BCUT2D eigenvalue weighted by Crippen LogP contribution is -2.17. The van der Waals surface area contributed by atoms with Crippen molar-refractivity contribution in [2.75, 3.05) is 11.9 Å². The fourth-order valence-electron chi connectivity index (χ4n) is 1.56. The Bertz CT molecular complexity index is 458. The first-order valence-electron chi connectivity index (χ1n) is 5.23. The van der Waals surface area contributed by atoms with E-state index in [0.717, 1.165) is 0 Å². The van der Waals surface area contributed by atoms with Crippen LogP contribution in [0.15, 0.2) is 6.07 Å². The maximum absolute atomic E-state index is 12.0. The number of hydrogen-bond acceptors (Lipinski definition) is 3. The van der Waals surface area contributed by atoms with Gasteiger partial charge in [0.2, 0.25) is 0 Å². The Kier molecular flexibility index (Phi) is 4.15. The summed E-state index contributed by atoms with van der Waals surface area (Å²) in [7, 11) is 0. The van der Waals surface area contributed by atoms with Gasteiger partial charge < -0.3 is 10.4 Å². The van der Waals surface area contributed by atoms with Gasteiger partial charge in [0.05, 0.1) is 6.42 Å². The molecule has 1 aromatic rings. The van der Waals surface area contributed by atoms with E-state index < -0.39 is 25.1 Å². The van der Waals surface area contributed by atoms with Crippen LogP contribution in [0.25, 0.3) is 0 Å². The summed E-state index contributed by atoms with van der Waals surface area (Å²) in [6.07, 6.45) is -5.32. The van der Waals surface area contributed by atoms with E-state index in [4.69, 9.17) is 5.11 Å². The Morgan fingerprint density at radius 3 is 2.56 bits per heavy atom. The SMILES string of the molecule is Cc1cc(C)c(C(=O)O)c(NCCC(F)(F)F)n1. The number of aryl methyl sites for hydroxylation is 2. The third-order valence-electron chi connectivity index (χ3n) is 2.26. The van der Waals surface area contributed by atoms with Gasteiger partial charge in [-0.2, -0.15) is 13.2 Å². The number of aromatic nitrogens is 1. The Balaban J connectivity index is 2.90. The van der Waals surface area contributed by atoms with E-state index >= 15 is 0 Å². The molecule has 1 aromatic heterocycles. The number of pyridine rings is 1. The zero-order chi connectivity index (χ0) is 13.9. The number of carbonyl (C=O) groups is 1. The predicted molar refractivity (Wildman–Crippen MR) is 59.8 cm³/mol. The van der Waals surface area contributed by atoms with Crippen LogP contribution in [0.3, 0.4) is 0 Å². The van der Waals surface area contributed by atoms with Gasteiger partial charge in [-0.3, -0.25) is 0 Å².